The minimum atomic E-state index is -3.93. The van der Waals surface area contributed by atoms with Gasteiger partial charge in [-0.15, -0.1) is 0 Å². The van der Waals surface area contributed by atoms with Crippen LogP contribution >= 0.6 is 0 Å². The summed E-state index contributed by atoms with van der Waals surface area (Å²) in [5, 5.41) is 0.448. The highest BCUT2D eigenvalue weighted by atomic mass is 32.2. The van der Waals surface area contributed by atoms with E-state index in [4.69, 9.17) is 4.74 Å². The summed E-state index contributed by atoms with van der Waals surface area (Å²) < 4.78 is 47.3. The summed E-state index contributed by atoms with van der Waals surface area (Å²) in [4.78, 5) is 17.4. The predicted octanol–water partition coefficient (Wildman–Crippen LogP) is 3.00. The average Bonchev–Trinajstić information content (AvgIpc) is 3.10. The Hall–Kier alpha value is -2.26. The van der Waals surface area contributed by atoms with Gasteiger partial charge in [-0.25, -0.2) is 17.6 Å². The summed E-state index contributed by atoms with van der Waals surface area (Å²) in [6, 6.07) is 4.27. The van der Waals surface area contributed by atoms with Crippen LogP contribution in [-0.4, -0.2) is 60.5 Å². The first-order chi connectivity index (χ1) is 13.0. The van der Waals surface area contributed by atoms with Crippen molar-refractivity contribution in [1.82, 2.24) is 14.2 Å². The van der Waals surface area contributed by atoms with E-state index in [2.05, 4.69) is 4.98 Å². The van der Waals surface area contributed by atoms with Crippen LogP contribution in [-0.2, 0) is 14.8 Å². The number of ether oxygens (including phenoxy) is 1. The molecule has 0 saturated carbocycles. The zero-order valence-corrected chi connectivity index (χ0v) is 17.2. The minimum Gasteiger partial charge on any atom is -0.444 e. The van der Waals surface area contributed by atoms with Crippen molar-refractivity contribution in [2.24, 2.45) is 0 Å². The van der Waals surface area contributed by atoms with Crippen LogP contribution in [0.3, 0.4) is 0 Å². The molecule has 1 fully saturated rings. The van der Waals surface area contributed by atoms with Crippen LogP contribution in [0.4, 0.5) is 9.18 Å². The van der Waals surface area contributed by atoms with Crippen LogP contribution in [0.25, 0.3) is 10.8 Å². The van der Waals surface area contributed by atoms with Crippen molar-refractivity contribution in [2.45, 2.75) is 43.7 Å². The number of fused-ring (bicyclic) bond motifs is 1. The van der Waals surface area contributed by atoms with Gasteiger partial charge in [0.05, 0.1) is 11.1 Å². The molecule has 9 heteroatoms. The molecule has 1 saturated heterocycles. The molecular weight excluding hydrogens is 385 g/mol. The number of pyridine rings is 1. The number of carbonyl (C=O) groups is 1. The fourth-order valence-electron chi connectivity index (χ4n) is 3.24. The van der Waals surface area contributed by atoms with Gasteiger partial charge >= 0.3 is 6.09 Å². The van der Waals surface area contributed by atoms with E-state index in [-0.39, 0.29) is 29.4 Å². The van der Waals surface area contributed by atoms with Crippen molar-refractivity contribution < 1.29 is 22.3 Å². The number of aromatic nitrogens is 1. The van der Waals surface area contributed by atoms with E-state index in [0.29, 0.717) is 11.8 Å². The summed E-state index contributed by atoms with van der Waals surface area (Å²) in [6.07, 6.45) is 2.41. The van der Waals surface area contributed by atoms with E-state index in [0.717, 1.165) is 6.20 Å². The maximum Gasteiger partial charge on any atom is 0.410 e. The molecule has 152 valence electrons. The number of nitrogens with zero attached hydrogens (tertiary/aromatic N) is 3. The van der Waals surface area contributed by atoms with Crippen LogP contribution in [0.2, 0.25) is 0 Å². The third kappa shape index (κ3) is 3.95. The third-order valence-electron chi connectivity index (χ3n) is 4.67. The van der Waals surface area contributed by atoms with Gasteiger partial charge in [-0.05, 0) is 33.3 Å². The molecule has 1 aliphatic heterocycles. The molecule has 1 atom stereocenters. The molecule has 0 spiro atoms. The second-order valence-electron chi connectivity index (χ2n) is 7.87. The normalized spacial score (nSPS) is 18.4. The van der Waals surface area contributed by atoms with E-state index in [1.807, 2.05) is 0 Å². The summed E-state index contributed by atoms with van der Waals surface area (Å²) >= 11 is 0. The van der Waals surface area contributed by atoms with Gasteiger partial charge in [0.2, 0.25) is 10.0 Å². The Balaban J connectivity index is 1.85. The van der Waals surface area contributed by atoms with E-state index >= 15 is 0 Å². The molecule has 7 nitrogen and oxygen atoms in total. The lowest BCUT2D eigenvalue weighted by atomic mass is 10.2. The summed E-state index contributed by atoms with van der Waals surface area (Å²) in [5.74, 6) is -0.682. The first-order valence-electron chi connectivity index (χ1n) is 8.99. The highest BCUT2D eigenvalue weighted by molar-refractivity contribution is 7.89. The van der Waals surface area contributed by atoms with E-state index in [1.165, 1.54) is 21.5 Å². The number of likely N-dealkylation sites (N-methyl/N-ethyl adjacent to an activating group) is 1. The second kappa shape index (κ2) is 7.29. The highest BCUT2D eigenvalue weighted by Crippen LogP contribution is 2.30. The first kappa shape index (κ1) is 20.5. The van der Waals surface area contributed by atoms with Crippen LogP contribution < -0.4 is 0 Å². The van der Waals surface area contributed by atoms with Crippen molar-refractivity contribution in [1.29, 1.82) is 0 Å². The smallest absolute Gasteiger partial charge is 0.410 e. The number of carbonyl (C=O) groups excluding carboxylic acids is 1. The zero-order chi connectivity index (χ0) is 20.7. The SMILES string of the molecule is CN(C(=O)OC(C)(C)C)C1CCN(S(=O)(=O)c2cccc3cncc(F)c23)C1. The van der Waals surface area contributed by atoms with Crippen LogP contribution in [0.1, 0.15) is 27.2 Å². The Bertz CT molecular complexity index is 999. The minimum absolute atomic E-state index is 0.0291. The molecule has 0 aliphatic carbocycles. The zero-order valence-electron chi connectivity index (χ0n) is 16.3. The van der Waals surface area contributed by atoms with Crippen molar-refractivity contribution in [2.75, 3.05) is 20.1 Å². The van der Waals surface area contributed by atoms with Crippen molar-refractivity contribution in [3.05, 3.63) is 36.4 Å². The molecule has 3 rings (SSSR count). The van der Waals surface area contributed by atoms with Gasteiger partial charge in [0.25, 0.3) is 0 Å². The Labute approximate surface area is 164 Å². The van der Waals surface area contributed by atoms with E-state index < -0.39 is 27.5 Å². The predicted molar refractivity (Wildman–Crippen MR) is 103 cm³/mol. The Morgan fingerprint density at radius 2 is 2.04 bits per heavy atom. The number of halogens is 1. The number of benzene rings is 1. The molecule has 2 aromatic rings. The van der Waals surface area contributed by atoms with Gasteiger partial charge in [-0.3, -0.25) is 4.98 Å². The van der Waals surface area contributed by atoms with Gasteiger partial charge in [0, 0.05) is 43.1 Å². The second-order valence-corrected chi connectivity index (χ2v) is 9.78. The van der Waals surface area contributed by atoms with Crippen molar-refractivity contribution in [3.8, 4) is 0 Å². The molecule has 1 amide bonds. The maximum atomic E-state index is 14.3. The molecular formula is C19H24FN3O4S. The molecule has 2 heterocycles. The maximum absolute atomic E-state index is 14.3. The summed E-state index contributed by atoms with van der Waals surface area (Å²) in [7, 11) is -2.33. The first-order valence-corrected chi connectivity index (χ1v) is 10.4. The lowest BCUT2D eigenvalue weighted by Gasteiger charge is -2.28. The van der Waals surface area contributed by atoms with Crippen LogP contribution in [0, 0.1) is 5.82 Å². The molecule has 1 aromatic heterocycles. The Morgan fingerprint density at radius 1 is 1.32 bits per heavy atom. The van der Waals surface area contributed by atoms with E-state index in [1.54, 1.807) is 40.0 Å². The molecule has 0 radical (unpaired) electrons. The fourth-order valence-corrected chi connectivity index (χ4v) is 4.96. The van der Waals surface area contributed by atoms with Crippen molar-refractivity contribution >= 4 is 26.9 Å². The molecule has 1 aliphatic rings. The van der Waals surface area contributed by atoms with Crippen LogP contribution in [0.5, 0.6) is 0 Å². The summed E-state index contributed by atoms with van der Waals surface area (Å²) in [5.41, 5.74) is -0.635. The molecule has 28 heavy (non-hydrogen) atoms. The standard InChI is InChI=1S/C19H24FN3O4S/c1-19(2,3)27-18(24)22(4)14-8-9-23(12-14)28(25,26)16-7-5-6-13-10-21-11-15(20)17(13)16/h5-7,10-11,14H,8-9,12H2,1-4H3. The molecule has 0 N–H and O–H groups in total. The third-order valence-corrected chi connectivity index (χ3v) is 6.58. The number of sulfonamides is 1. The van der Waals surface area contributed by atoms with Gasteiger partial charge in [-0.1, -0.05) is 12.1 Å². The molecule has 0 bridgehead atoms. The molecule has 1 unspecified atom stereocenters. The van der Waals surface area contributed by atoms with Gasteiger partial charge in [0.15, 0.2) is 5.82 Å². The van der Waals surface area contributed by atoms with Gasteiger partial charge in [0.1, 0.15) is 5.60 Å². The number of rotatable bonds is 3. The Morgan fingerprint density at radius 3 is 2.71 bits per heavy atom. The fraction of sp³-hybridized carbons (Fsp3) is 0.474. The lowest BCUT2D eigenvalue weighted by molar-refractivity contribution is 0.0232. The number of hydrogen-bond donors (Lipinski definition) is 0. The number of amides is 1. The van der Waals surface area contributed by atoms with Gasteiger partial charge < -0.3 is 9.64 Å². The van der Waals surface area contributed by atoms with Crippen molar-refractivity contribution in [3.63, 3.8) is 0 Å². The lowest BCUT2D eigenvalue weighted by Crippen LogP contribution is -2.42. The molecule has 1 aromatic carbocycles. The largest absolute Gasteiger partial charge is 0.444 e. The monoisotopic (exact) mass is 409 g/mol. The number of hydrogen-bond acceptors (Lipinski definition) is 5. The van der Waals surface area contributed by atoms with E-state index in [9.17, 15) is 17.6 Å². The topological polar surface area (TPSA) is 79.8 Å². The average molecular weight is 409 g/mol. The highest BCUT2D eigenvalue weighted by Gasteiger charge is 2.37. The van der Waals surface area contributed by atoms with Crippen LogP contribution in [0.15, 0.2) is 35.5 Å². The van der Waals surface area contributed by atoms with Gasteiger partial charge in [-0.2, -0.15) is 4.31 Å². The Kier molecular flexibility index (Phi) is 5.33. The summed E-state index contributed by atoms with van der Waals surface area (Å²) in [6.45, 7) is 5.68. The quantitative estimate of drug-likeness (QED) is 0.779.